The van der Waals surface area contributed by atoms with E-state index < -0.39 is 12.2 Å². The van der Waals surface area contributed by atoms with Gasteiger partial charge in [0.2, 0.25) is 0 Å². The molecule has 2 aliphatic rings. The van der Waals surface area contributed by atoms with Crippen molar-refractivity contribution in [1.29, 1.82) is 0 Å². The highest BCUT2D eigenvalue weighted by atomic mass is 16.5. The Bertz CT molecular complexity index is 1340. The van der Waals surface area contributed by atoms with Gasteiger partial charge in [0.25, 0.3) is 0 Å². The van der Waals surface area contributed by atoms with Crippen LogP contribution in [0.5, 0.6) is 5.75 Å². The van der Waals surface area contributed by atoms with Crippen LogP contribution < -0.4 is 15.8 Å². The maximum atomic E-state index is 10.8. The number of anilines is 2. The molecule has 9 nitrogen and oxygen atoms in total. The van der Waals surface area contributed by atoms with E-state index in [-0.39, 0.29) is 18.6 Å². The van der Waals surface area contributed by atoms with Gasteiger partial charge >= 0.3 is 0 Å². The second-order valence-electron chi connectivity index (χ2n) is 9.45. The van der Waals surface area contributed by atoms with Crippen molar-refractivity contribution in [1.82, 2.24) is 19.5 Å². The van der Waals surface area contributed by atoms with Crippen molar-refractivity contribution in [3.8, 4) is 5.75 Å². The zero-order valence-electron chi connectivity index (χ0n) is 18.7. The molecule has 0 unspecified atom stereocenters. The first-order chi connectivity index (χ1) is 16.6. The van der Waals surface area contributed by atoms with Crippen molar-refractivity contribution >= 4 is 33.6 Å². The number of nitrogen functional groups attached to an aromatic ring is 1. The summed E-state index contributed by atoms with van der Waals surface area (Å²) in [6.45, 7) is 1.25. The summed E-state index contributed by atoms with van der Waals surface area (Å²) >= 11 is 0. The lowest BCUT2D eigenvalue weighted by atomic mass is 10.1. The molecule has 176 valence electrons. The Labute approximate surface area is 196 Å². The number of hydrogen-bond donors (Lipinski definition) is 4. The minimum atomic E-state index is -0.932. The van der Waals surface area contributed by atoms with E-state index in [4.69, 9.17) is 15.5 Å². The standard InChI is InChI=1S/C25H28N6O3/c26-24-18-7-8-31(25(18)29-13-28-24)20-9-16(22(32)23(20)33)12-34-17-5-3-15-4-6-21(30-19(15)10-17)27-11-14-1-2-14/h3-8,10,13-14,16,20,22-23,32-33H,1-2,9,11-12H2,(H,27,30)(H2,26,28,29)/t16-,20-,22-,23+/m1/s1. The summed E-state index contributed by atoms with van der Waals surface area (Å²) in [5, 5.41) is 26.7. The van der Waals surface area contributed by atoms with Crippen LogP contribution in [0.15, 0.2) is 48.9 Å². The van der Waals surface area contributed by atoms with Crippen LogP contribution in [0.3, 0.4) is 0 Å². The number of pyridine rings is 1. The van der Waals surface area contributed by atoms with E-state index in [0.29, 0.717) is 23.6 Å². The Hall–Kier alpha value is -3.43. The van der Waals surface area contributed by atoms with Crippen LogP contribution >= 0.6 is 0 Å². The maximum absolute atomic E-state index is 10.8. The lowest BCUT2D eigenvalue weighted by Crippen LogP contribution is -2.31. The van der Waals surface area contributed by atoms with Gasteiger partial charge in [-0.25, -0.2) is 15.0 Å². The first-order valence-electron chi connectivity index (χ1n) is 11.8. The van der Waals surface area contributed by atoms with Gasteiger partial charge in [-0.1, -0.05) is 0 Å². The molecule has 6 rings (SSSR count). The Balaban J connectivity index is 1.15. The highest BCUT2D eigenvalue weighted by molar-refractivity contribution is 5.86. The van der Waals surface area contributed by atoms with Gasteiger partial charge in [0.15, 0.2) is 0 Å². The number of rotatable bonds is 7. The number of nitrogens with zero attached hydrogens (tertiary/aromatic N) is 4. The monoisotopic (exact) mass is 460 g/mol. The summed E-state index contributed by atoms with van der Waals surface area (Å²) in [6, 6.07) is 11.4. The fourth-order valence-corrected chi connectivity index (χ4v) is 4.86. The van der Waals surface area contributed by atoms with Gasteiger partial charge in [-0.15, -0.1) is 0 Å². The molecule has 3 aromatic heterocycles. The fourth-order valence-electron chi connectivity index (χ4n) is 4.86. The van der Waals surface area contributed by atoms with Crippen LogP contribution in [-0.2, 0) is 0 Å². The molecule has 4 aromatic rings. The molecule has 5 N–H and O–H groups in total. The molecule has 0 saturated heterocycles. The van der Waals surface area contributed by atoms with E-state index in [9.17, 15) is 10.2 Å². The van der Waals surface area contributed by atoms with E-state index in [2.05, 4.69) is 21.4 Å². The molecule has 3 heterocycles. The Morgan fingerprint density at radius 3 is 2.79 bits per heavy atom. The van der Waals surface area contributed by atoms with E-state index in [0.717, 1.165) is 34.6 Å². The van der Waals surface area contributed by atoms with Crippen molar-refractivity contribution in [2.45, 2.75) is 37.5 Å². The average molecular weight is 461 g/mol. The molecule has 4 atom stereocenters. The van der Waals surface area contributed by atoms with Crippen LogP contribution in [0, 0.1) is 11.8 Å². The highest BCUT2D eigenvalue weighted by Crippen LogP contribution is 2.38. The molecule has 0 bridgehead atoms. The Kier molecular flexibility index (Phi) is 5.23. The molecule has 1 aromatic carbocycles. The number of hydrogen-bond acceptors (Lipinski definition) is 8. The van der Waals surface area contributed by atoms with Crippen molar-refractivity contribution in [3.63, 3.8) is 0 Å². The summed E-state index contributed by atoms with van der Waals surface area (Å²) in [5.41, 5.74) is 7.46. The first-order valence-corrected chi connectivity index (χ1v) is 11.8. The summed E-state index contributed by atoms with van der Waals surface area (Å²) in [4.78, 5) is 13.1. The molecule has 0 spiro atoms. The zero-order valence-corrected chi connectivity index (χ0v) is 18.7. The molecular formula is C25H28N6O3. The Morgan fingerprint density at radius 2 is 1.94 bits per heavy atom. The van der Waals surface area contributed by atoms with Gasteiger partial charge in [-0.05, 0) is 55.5 Å². The smallest absolute Gasteiger partial charge is 0.145 e. The van der Waals surface area contributed by atoms with Crippen LogP contribution in [0.1, 0.15) is 25.3 Å². The van der Waals surface area contributed by atoms with Crippen LogP contribution in [0.4, 0.5) is 11.6 Å². The third-order valence-electron chi connectivity index (χ3n) is 7.07. The predicted molar refractivity (Wildman–Crippen MR) is 130 cm³/mol. The number of aliphatic hydroxyl groups is 2. The van der Waals surface area contributed by atoms with Gasteiger partial charge in [-0.2, -0.15) is 0 Å². The number of benzene rings is 1. The summed E-state index contributed by atoms with van der Waals surface area (Å²) in [7, 11) is 0. The third kappa shape index (κ3) is 3.91. The van der Waals surface area contributed by atoms with Gasteiger partial charge in [0.1, 0.15) is 35.5 Å². The van der Waals surface area contributed by atoms with Crippen LogP contribution in [0.25, 0.3) is 21.9 Å². The molecule has 2 saturated carbocycles. The summed E-state index contributed by atoms with van der Waals surface area (Å²) < 4.78 is 7.92. The first kappa shape index (κ1) is 21.1. The van der Waals surface area contributed by atoms with E-state index in [1.54, 1.807) is 0 Å². The molecule has 34 heavy (non-hydrogen) atoms. The fraction of sp³-hybridized carbons (Fsp3) is 0.400. The van der Waals surface area contributed by atoms with Gasteiger partial charge in [0, 0.05) is 30.1 Å². The maximum Gasteiger partial charge on any atom is 0.145 e. The van der Waals surface area contributed by atoms with Crippen LogP contribution in [-0.4, -0.2) is 55.1 Å². The minimum Gasteiger partial charge on any atom is -0.493 e. The Morgan fingerprint density at radius 1 is 1.09 bits per heavy atom. The lowest BCUT2D eigenvalue weighted by Gasteiger charge is -2.19. The molecule has 0 radical (unpaired) electrons. The van der Waals surface area contributed by atoms with Gasteiger partial charge in [0.05, 0.1) is 29.7 Å². The van der Waals surface area contributed by atoms with Crippen molar-refractivity contribution in [3.05, 3.63) is 48.9 Å². The second kappa shape index (κ2) is 8.41. The number of nitrogens with two attached hydrogens (primary N) is 1. The number of nitrogens with one attached hydrogen (secondary N) is 1. The summed E-state index contributed by atoms with van der Waals surface area (Å²) in [6.07, 6.45) is 4.55. The lowest BCUT2D eigenvalue weighted by molar-refractivity contribution is -0.00141. The minimum absolute atomic E-state index is 0.230. The average Bonchev–Trinajstić information content (AvgIpc) is 3.52. The highest BCUT2D eigenvalue weighted by Gasteiger charge is 2.43. The van der Waals surface area contributed by atoms with E-state index in [1.807, 2.05) is 41.1 Å². The molecular weight excluding hydrogens is 432 g/mol. The number of fused-ring (bicyclic) bond motifs is 2. The van der Waals surface area contributed by atoms with Gasteiger partial charge < -0.3 is 30.6 Å². The largest absolute Gasteiger partial charge is 0.493 e. The third-order valence-corrected chi connectivity index (χ3v) is 7.07. The molecule has 2 aliphatic carbocycles. The second-order valence-corrected chi connectivity index (χ2v) is 9.45. The normalized spacial score (nSPS) is 24.6. The van der Waals surface area contributed by atoms with E-state index >= 15 is 0 Å². The van der Waals surface area contributed by atoms with Gasteiger partial charge in [-0.3, -0.25) is 0 Å². The van der Waals surface area contributed by atoms with Crippen molar-refractivity contribution in [2.24, 2.45) is 11.8 Å². The molecule has 2 fully saturated rings. The topological polar surface area (TPSA) is 131 Å². The number of aliphatic hydroxyl groups excluding tert-OH is 2. The summed E-state index contributed by atoms with van der Waals surface area (Å²) in [5.74, 6) is 2.51. The van der Waals surface area contributed by atoms with E-state index in [1.165, 1.54) is 19.2 Å². The predicted octanol–water partition coefficient (Wildman–Crippen LogP) is 2.75. The van der Waals surface area contributed by atoms with Crippen molar-refractivity contribution < 1.29 is 14.9 Å². The quantitative estimate of drug-likeness (QED) is 0.331. The SMILES string of the molecule is Nc1ncnc2c1ccn2[C@@H]1C[C@H](COc2ccc3ccc(NCC4CC4)nc3c2)[C@@H](O)[C@H]1O. The number of ether oxygens (including phenoxy) is 1. The molecule has 9 heteroatoms. The number of aromatic nitrogens is 4. The zero-order chi connectivity index (χ0) is 23.2. The molecule has 0 aliphatic heterocycles. The van der Waals surface area contributed by atoms with Crippen LogP contribution in [0.2, 0.25) is 0 Å². The van der Waals surface area contributed by atoms with Crippen molar-refractivity contribution in [2.75, 3.05) is 24.2 Å². The molecule has 0 amide bonds.